The standard InChI is InChI=1S/C22H30N4O3/c1-16(27)25-19-11-21(29-22(12-19)8-4-3-5-9-22)17-6-7-20(28-2)18(10-17)13-26-15-23-14-24-26/h6-7,10,14-15,19,21H,3-5,8-9,11-13H2,1-2H3,(H,25,27)/t19-,21-/m1/s1. The molecule has 0 radical (unpaired) electrons. The monoisotopic (exact) mass is 398 g/mol. The zero-order valence-electron chi connectivity index (χ0n) is 17.3. The summed E-state index contributed by atoms with van der Waals surface area (Å²) in [5.74, 6) is 0.856. The molecule has 1 saturated heterocycles. The molecule has 7 heteroatoms. The highest BCUT2D eigenvalue weighted by molar-refractivity contribution is 5.73. The smallest absolute Gasteiger partial charge is 0.217 e. The molecule has 1 N–H and O–H groups in total. The maximum Gasteiger partial charge on any atom is 0.217 e. The van der Waals surface area contributed by atoms with Crippen molar-refractivity contribution >= 4 is 5.91 Å². The van der Waals surface area contributed by atoms with Crippen molar-refractivity contribution in [2.75, 3.05) is 7.11 Å². The molecule has 0 unspecified atom stereocenters. The van der Waals surface area contributed by atoms with Crippen LogP contribution in [0.25, 0.3) is 0 Å². The minimum Gasteiger partial charge on any atom is -0.496 e. The van der Waals surface area contributed by atoms with Crippen LogP contribution in [0.3, 0.4) is 0 Å². The molecule has 4 rings (SSSR count). The highest BCUT2D eigenvalue weighted by Crippen LogP contribution is 2.45. The van der Waals surface area contributed by atoms with E-state index in [0.29, 0.717) is 6.54 Å². The van der Waals surface area contributed by atoms with Gasteiger partial charge in [-0.2, -0.15) is 5.10 Å². The average Bonchev–Trinajstić information content (AvgIpc) is 3.21. The molecule has 1 aliphatic carbocycles. The van der Waals surface area contributed by atoms with Gasteiger partial charge < -0.3 is 14.8 Å². The lowest BCUT2D eigenvalue weighted by molar-refractivity contribution is -0.158. The van der Waals surface area contributed by atoms with E-state index in [1.54, 1.807) is 25.0 Å². The highest BCUT2D eigenvalue weighted by Gasteiger charge is 2.43. The molecule has 1 aromatic heterocycles. The third-order valence-corrected chi connectivity index (χ3v) is 6.16. The van der Waals surface area contributed by atoms with Crippen LogP contribution in [0, 0.1) is 0 Å². The van der Waals surface area contributed by atoms with Gasteiger partial charge in [-0.25, -0.2) is 9.67 Å². The van der Waals surface area contributed by atoms with Crippen LogP contribution < -0.4 is 10.1 Å². The van der Waals surface area contributed by atoms with Gasteiger partial charge in [-0.3, -0.25) is 4.79 Å². The molecule has 2 aliphatic rings. The number of amides is 1. The molecule has 1 aromatic carbocycles. The summed E-state index contributed by atoms with van der Waals surface area (Å²) in [6, 6.07) is 6.38. The van der Waals surface area contributed by atoms with Crippen molar-refractivity contribution in [2.45, 2.75) is 76.2 Å². The third-order valence-electron chi connectivity index (χ3n) is 6.16. The number of nitrogens with one attached hydrogen (secondary N) is 1. The van der Waals surface area contributed by atoms with Gasteiger partial charge in [0.05, 0.1) is 25.4 Å². The van der Waals surface area contributed by atoms with E-state index < -0.39 is 0 Å². The fourth-order valence-electron chi connectivity index (χ4n) is 4.92. The first kappa shape index (κ1) is 19.9. The summed E-state index contributed by atoms with van der Waals surface area (Å²) in [5, 5.41) is 7.37. The molecule has 2 atom stereocenters. The predicted octanol–water partition coefficient (Wildman–Crippen LogP) is 3.39. The van der Waals surface area contributed by atoms with E-state index in [0.717, 1.165) is 42.6 Å². The van der Waals surface area contributed by atoms with Gasteiger partial charge in [0.1, 0.15) is 18.4 Å². The summed E-state index contributed by atoms with van der Waals surface area (Å²) >= 11 is 0. The van der Waals surface area contributed by atoms with Crippen molar-refractivity contribution < 1.29 is 14.3 Å². The minimum absolute atomic E-state index is 0.0308. The summed E-state index contributed by atoms with van der Waals surface area (Å²) in [6.07, 6.45) is 10.7. The van der Waals surface area contributed by atoms with E-state index in [9.17, 15) is 4.79 Å². The Labute approximate surface area is 171 Å². The maximum atomic E-state index is 11.8. The molecular weight excluding hydrogens is 368 g/mol. The molecule has 1 spiro atoms. The Balaban J connectivity index is 1.61. The number of methoxy groups -OCH3 is 1. The lowest BCUT2D eigenvalue weighted by Gasteiger charge is -2.47. The Morgan fingerprint density at radius 3 is 2.86 bits per heavy atom. The molecule has 7 nitrogen and oxygen atoms in total. The fraction of sp³-hybridized carbons (Fsp3) is 0.591. The number of aromatic nitrogens is 3. The Morgan fingerprint density at radius 2 is 2.17 bits per heavy atom. The van der Waals surface area contributed by atoms with Gasteiger partial charge in [-0.05, 0) is 43.4 Å². The zero-order valence-corrected chi connectivity index (χ0v) is 17.3. The van der Waals surface area contributed by atoms with E-state index in [2.05, 4.69) is 27.5 Å². The summed E-state index contributed by atoms with van der Waals surface area (Å²) in [7, 11) is 1.68. The number of rotatable bonds is 5. The molecule has 2 aromatic rings. The molecule has 2 fully saturated rings. The Kier molecular flexibility index (Phi) is 5.85. The number of hydrogen-bond acceptors (Lipinski definition) is 5. The topological polar surface area (TPSA) is 78.3 Å². The lowest BCUT2D eigenvalue weighted by Crippen LogP contribution is -2.50. The van der Waals surface area contributed by atoms with Gasteiger partial charge >= 0.3 is 0 Å². The first-order valence-corrected chi connectivity index (χ1v) is 10.5. The zero-order chi connectivity index (χ0) is 20.3. The summed E-state index contributed by atoms with van der Waals surface area (Å²) in [6.45, 7) is 2.19. The van der Waals surface area contributed by atoms with Crippen LogP contribution in [0.15, 0.2) is 30.9 Å². The van der Waals surface area contributed by atoms with Crippen LogP contribution in [0.2, 0.25) is 0 Å². The van der Waals surface area contributed by atoms with Crippen molar-refractivity contribution in [3.63, 3.8) is 0 Å². The van der Waals surface area contributed by atoms with Crippen LogP contribution in [-0.4, -0.2) is 39.4 Å². The van der Waals surface area contributed by atoms with E-state index in [1.807, 2.05) is 6.07 Å². The summed E-state index contributed by atoms with van der Waals surface area (Å²) in [4.78, 5) is 15.8. The first-order chi connectivity index (χ1) is 14.1. The maximum absolute atomic E-state index is 11.8. The number of carbonyl (C=O) groups is 1. The van der Waals surface area contributed by atoms with Crippen molar-refractivity contribution in [1.29, 1.82) is 0 Å². The number of nitrogens with zero attached hydrogens (tertiary/aromatic N) is 3. The molecule has 1 aliphatic heterocycles. The van der Waals surface area contributed by atoms with Crippen molar-refractivity contribution in [3.05, 3.63) is 42.0 Å². The Bertz CT molecular complexity index is 831. The number of hydrogen-bond donors (Lipinski definition) is 1. The molecule has 156 valence electrons. The van der Waals surface area contributed by atoms with E-state index >= 15 is 0 Å². The van der Waals surface area contributed by atoms with Gasteiger partial charge in [0, 0.05) is 18.5 Å². The predicted molar refractivity (Wildman–Crippen MR) is 109 cm³/mol. The van der Waals surface area contributed by atoms with E-state index in [1.165, 1.54) is 25.6 Å². The number of benzene rings is 1. The quantitative estimate of drug-likeness (QED) is 0.835. The van der Waals surface area contributed by atoms with Crippen molar-refractivity contribution in [1.82, 2.24) is 20.1 Å². The van der Waals surface area contributed by atoms with Crippen LogP contribution in [0.5, 0.6) is 5.75 Å². The van der Waals surface area contributed by atoms with Gasteiger partial charge in [0.2, 0.25) is 5.91 Å². The van der Waals surface area contributed by atoms with Crippen LogP contribution in [-0.2, 0) is 16.1 Å². The van der Waals surface area contributed by atoms with Gasteiger partial charge in [-0.1, -0.05) is 25.3 Å². The third kappa shape index (κ3) is 4.61. The van der Waals surface area contributed by atoms with Gasteiger partial charge in [0.15, 0.2) is 0 Å². The second-order valence-electron chi connectivity index (χ2n) is 8.35. The molecule has 1 saturated carbocycles. The SMILES string of the molecule is COc1ccc([C@H]2C[C@@H](NC(C)=O)CC3(CCCCC3)O2)cc1Cn1cncn1. The van der Waals surface area contributed by atoms with Gasteiger partial charge in [0.25, 0.3) is 0 Å². The number of carbonyl (C=O) groups excluding carboxylic acids is 1. The molecule has 2 heterocycles. The summed E-state index contributed by atoms with van der Waals surface area (Å²) in [5.41, 5.74) is 2.04. The first-order valence-electron chi connectivity index (χ1n) is 10.5. The Hall–Kier alpha value is -2.41. The normalized spacial score (nSPS) is 23.7. The van der Waals surface area contributed by atoms with Crippen LogP contribution >= 0.6 is 0 Å². The summed E-state index contributed by atoms with van der Waals surface area (Å²) < 4.78 is 14.1. The minimum atomic E-state index is -0.125. The second kappa shape index (κ2) is 8.53. The second-order valence-corrected chi connectivity index (χ2v) is 8.35. The number of ether oxygens (including phenoxy) is 2. The van der Waals surface area contributed by atoms with Crippen LogP contribution in [0.1, 0.15) is 69.1 Å². The van der Waals surface area contributed by atoms with E-state index in [4.69, 9.17) is 9.47 Å². The van der Waals surface area contributed by atoms with Crippen molar-refractivity contribution in [3.8, 4) is 5.75 Å². The highest BCUT2D eigenvalue weighted by atomic mass is 16.5. The van der Waals surface area contributed by atoms with E-state index in [-0.39, 0.29) is 23.7 Å². The lowest BCUT2D eigenvalue weighted by atomic mass is 9.76. The molecule has 0 bridgehead atoms. The molecular formula is C22H30N4O3. The fourth-order valence-corrected chi connectivity index (χ4v) is 4.92. The van der Waals surface area contributed by atoms with Crippen molar-refractivity contribution in [2.24, 2.45) is 0 Å². The average molecular weight is 399 g/mol. The Morgan fingerprint density at radius 1 is 1.34 bits per heavy atom. The molecule has 1 amide bonds. The largest absolute Gasteiger partial charge is 0.496 e. The molecule has 29 heavy (non-hydrogen) atoms. The van der Waals surface area contributed by atoms with Crippen LogP contribution in [0.4, 0.5) is 0 Å². The van der Waals surface area contributed by atoms with Gasteiger partial charge in [-0.15, -0.1) is 0 Å².